The number of ketones is 1. The van der Waals surface area contributed by atoms with Gasteiger partial charge in [0, 0.05) is 19.8 Å². The van der Waals surface area contributed by atoms with E-state index in [1.54, 1.807) is 6.07 Å². The third kappa shape index (κ3) is 5.17. The van der Waals surface area contributed by atoms with Gasteiger partial charge in [0.25, 0.3) is 0 Å². The van der Waals surface area contributed by atoms with Crippen LogP contribution >= 0.6 is 0 Å². The maximum absolute atomic E-state index is 11.0. The van der Waals surface area contributed by atoms with Gasteiger partial charge in [-0.15, -0.1) is 0 Å². The molecule has 0 spiro atoms. The molecular formula is C14H20O4. The summed E-state index contributed by atoms with van der Waals surface area (Å²) < 4.78 is 9.95. The first-order valence-electron chi connectivity index (χ1n) is 6.30. The number of hydrogen-bond acceptors (Lipinski definition) is 4. The predicted molar refractivity (Wildman–Crippen MR) is 67.5 cm³/mol. The van der Waals surface area contributed by atoms with E-state index in [1.165, 1.54) is 14.0 Å². The van der Waals surface area contributed by atoms with Crippen LogP contribution in [0.15, 0.2) is 16.5 Å². The predicted octanol–water partition coefficient (Wildman–Crippen LogP) is 3.15. The molecule has 0 aliphatic carbocycles. The normalized spacial score (nSPS) is 10.3. The number of rotatable bonds is 8. The van der Waals surface area contributed by atoms with Crippen LogP contribution in [0.4, 0.5) is 0 Å². The molecule has 1 rings (SSSR count). The number of Topliss-reactive ketones (excluding diaryl/α,β-unsaturated/α-hetero) is 1. The second-order valence-corrected chi connectivity index (χ2v) is 4.31. The quantitative estimate of drug-likeness (QED) is 0.405. The minimum Gasteiger partial charge on any atom is -0.469 e. The highest BCUT2D eigenvalue weighted by Crippen LogP contribution is 2.13. The molecule has 1 aromatic rings. The summed E-state index contributed by atoms with van der Waals surface area (Å²) in [6.07, 6.45) is 5.26. The smallest absolute Gasteiger partial charge is 0.305 e. The highest BCUT2D eigenvalue weighted by molar-refractivity contribution is 5.91. The second-order valence-electron chi connectivity index (χ2n) is 4.31. The molecule has 0 N–H and O–H groups in total. The van der Waals surface area contributed by atoms with Crippen LogP contribution in [-0.2, 0) is 16.0 Å². The van der Waals surface area contributed by atoms with Crippen molar-refractivity contribution in [2.75, 3.05) is 7.11 Å². The van der Waals surface area contributed by atoms with Crippen molar-refractivity contribution in [3.8, 4) is 0 Å². The van der Waals surface area contributed by atoms with Crippen molar-refractivity contribution in [3.63, 3.8) is 0 Å². The molecule has 18 heavy (non-hydrogen) atoms. The zero-order valence-electron chi connectivity index (χ0n) is 11.0. The van der Waals surface area contributed by atoms with Gasteiger partial charge in [0.2, 0.25) is 0 Å². The average Bonchev–Trinajstić information content (AvgIpc) is 2.82. The zero-order chi connectivity index (χ0) is 13.4. The lowest BCUT2D eigenvalue weighted by Crippen LogP contribution is -1.99. The van der Waals surface area contributed by atoms with Crippen molar-refractivity contribution < 1.29 is 18.7 Å². The molecule has 0 aliphatic heterocycles. The van der Waals surface area contributed by atoms with E-state index in [9.17, 15) is 9.59 Å². The maximum atomic E-state index is 11.0. The summed E-state index contributed by atoms with van der Waals surface area (Å²) in [5.74, 6) is 1.09. The van der Waals surface area contributed by atoms with Crippen molar-refractivity contribution in [1.29, 1.82) is 0 Å². The van der Waals surface area contributed by atoms with E-state index in [1.807, 2.05) is 6.07 Å². The average molecular weight is 252 g/mol. The molecule has 0 aromatic carbocycles. The van der Waals surface area contributed by atoms with Crippen LogP contribution < -0.4 is 0 Å². The molecule has 4 heteroatoms. The molecule has 0 aliphatic rings. The molecular weight excluding hydrogens is 232 g/mol. The number of esters is 1. The minimum absolute atomic E-state index is 0.0423. The van der Waals surface area contributed by atoms with Crippen LogP contribution in [0.2, 0.25) is 0 Å². The fourth-order valence-corrected chi connectivity index (χ4v) is 1.73. The Morgan fingerprint density at radius 2 is 1.89 bits per heavy atom. The number of carbonyl (C=O) groups excluding carboxylic acids is 2. The summed E-state index contributed by atoms with van der Waals surface area (Å²) in [5, 5.41) is 0. The van der Waals surface area contributed by atoms with Crippen LogP contribution in [0.25, 0.3) is 0 Å². The maximum Gasteiger partial charge on any atom is 0.305 e. The van der Waals surface area contributed by atoms with Crippen LogP contribution in [-0.4, -0.2) is 18.9 Å². The summed E-state index contributed by atoms with van der Waals surface area (Å²) in [7, 11) is 1.41. The largest absolute Gasteiger partial charge is 0.469 e. The Balaban J connectivity index is 2.10. The van der Waals surface area contributed by atoms with Crippen LogP contribution in [0.1, 0.15) is 55.3 Å². The summed E-state index contributed by atoms with van der Waals surface area (Å²) in [6.45, 7) is 1.50. The molecule has 0 fully saturated rings. The Kier molecular flexibility index (Phi) is 6.19. The van der Waals surface area contributed by atoms with Crippen molar-refractivity contribution in [2.24, 2.45) is 0 Å². The Labute approximate surface area is 107 Å². The van der Waals surface area contributed by atoms with Crippen molar-refractivity contribution in [3.05, 3.63) is 23.7 Å². The van der Waals surface area contributed by atoms with Crippen LogP contribution in [0.5, 0.6) is 0 Å². The number of ether oxygens (including phenoxy) is 1. The summed E-state index contributed by atoms with van der Waals surface area (Å²) in [5.41, 5.74) is 0. The molecule has 100 valence electrons. The van der Waals surface area contributed by atoms with Gasteiger partial charge in [0.05, 0.1) is 7.11 Å². The number of methoxy groups -OCH3 is 1. The van der Waals surface area contributed by atoms with Crippen molar-refractivity contribution in [2.45, 2.75) is 45.4 Å². The lowest BCUT2D eigenvalue weighted by molar-refractivity contribution is -0.140. The van der Waals surface area contributed by atoms with E-state index in [4.69, 9.17) is 4.42 Å². The van der Waals surface area contributed by atoms with E-state index in [0.717, 1.165) is 37.9 Å². The third-order valence-corrected chi connectivity index (χ3v) is 2.79. The third-order valence-electron chi connectivity index (χ3n) is 2.79. The number of unbranched alkanes of at least 4 members (excludes halogenated alkanes) is 3. The van der Waals surface area contributed by atoms with Gasteiger partial charge in [-0.1, -0.05) is 12.8 Å². The van der Waals surface area contributed by atoms with E-state index in [-0.39, 0.29) is 11.8 Å². The van der Waals surface area contributed by atoms with Crippen LogP contribution in [0.3, 0.4) is 0 Å². The van der Waals surface area contributed by atoms with Gasteiger partial charge in [-0.05, 0) is 25.0 Å². The lowest BCUT2D eigenvalue weighted by Gasteiger charge is -2.00. The fraction of sp³-hybridized carbons (Fsp3) is 0.571. The molecule has 0 bridgehead atoms. The van der Waals surface area contributed by atoms with Gasteiger partial charge in [0.1, 0.15) is 5.76 Å². The Hall–Kier alpha value is -1.58. The molecule has 0 radical (unpaired) electrons. The molecule has 1 aromatic heterocycles. The molecule has 0 saturated carbocycles. The number of hydrogen-bond donors (Lipinski definition) is 0. The van der Waals surface area contributed by atoms with Gasteiger partial charge in [-0.3, -0.25) is 9.59 Å². The minimum atomic E-state index is -0.146. The molecule has 1 heterocycles. The first kappa shape index (κ1) is 14.5. The zero-order valence-corrected chi connectivity index (χ0v) is 11.0. The highest BCUT2D eigenvalue weighted by Gasteiger charge is 2.05. The summed E-state index contributed by atoms with van der Waals surface area (Å²) >= 11 is 0. The highest BCUT2D eigenvalue weighted by atomic mass is 16.5. The Bertz CT molecular complexity index is 392. The number of aryl methyl sites for hydroxylation is 1. The van der Waals surface area contributed by atoms with Gasteiger partial charge in [0.15, 0.2) is 11.5 Å². The first-order valence-corrected chi connectivity index (χ1v) is 6.30. The SMILES string of the molecule is COC(=O)CCCCCCc1ccc(C(C)=O)o1. The topological polar surface area (TPSA) is 56.5 Å². The summed E-state index contributed by atoms with van der Waals surface area (Å²) in [6, 6.07) is 3.57. The molecule has 0 unspecified atom stereocenters. The Morgan fingerprint density at radius 3 is 2.50 bits per heavy atom. The van der Waals surface area contributed by atoms with Gasteiger partial charge >= 0.3 is 5.97 Å². The number of furan rings is 1. The summed E-state index contributed by atoms with van der Waals surface area (Å²) in [4.78, 5) is 21.9. The van der Waals surface area contributed by atoms with E-state index in [2.05, 4.69) is 4.74 Å². The second kappa shape index (κ2) is 7.69. The van der Waals surface area contributed by atoms with E-state index < -0.39 is 0 Å². The lowest BCUT2D eigenvalue weighted by atomic mass is 10.1. The van der Waals surface area contributed by atoms with E-state index in [0.29, 0.717) is 12.2 Å². The van der Waals surface area contributed by atoms with Crippen LogP contribution in [0, 0.1) is 0 Å². The van der Waals surface area contributed by atoms with Crippen molar-refractivity contribution >= 4 is 11.8 Å². The monoisotopic (exact) mass is 252 g/mol. The fourth-order valence-electron chi connectivity index (χ4n) is 1.73. The first-order chi connectivity index (χ1) is 8.63. The molecule has 0 atom stereocenters. The van der Waals surface area contributed by atoms with Crippen molar-refractivity contribution in [1.82, 2.24) is 0 Å². The standard InChI is InChI=1S/C14H20O4/c1-11(15)13-10-9-12(18-13)7-5-3-4-6-8-14(16)17-2/h9-10H,3-8H2,1-2H3. The van der Waals surface area contributed by atoms with Gasteiger partial charge < -0.3 is 9.15 Å². The molecule has 0 saturated heterocycles. The molecule has 0 amide bonds. The molecule has 4 nitrogen and oxygen atoms in total. The van der Waals surface area contributed by atoms with Gasteiger partial charge in [-0.2, -0.15) is 0 Å². The van der Waals surface area contributed by atoms with Gasteiger partial charge in [-0.25, -0.2) is 0 Å². The Morgan fingerprint density at radius 1 is 1.17 bits per heavy atom. The number of carbonyl (C=O) groups is 2. The van der Waals surface area contributed by atoms with E-state index >= 15 is 0 Å².